The van der Waals surface area contributed by atoms with Gasteiger partial charge in [-0.3, -0.25) is 9.78 Å². The number of hydrogen-bond donors (Lipinski definition) is 1. The normalized spacial score (nSPS) is 12.5. The zero-order chi connectivity index (χ0) is 19.0. The minimum atomic E-state index is -0.410. The highest BCUT2D eigenvalue weighted by Crippen LogP contribution is 2.31. The lowest BCUT2D eigenvalue weighted by atomic mass is 10.0. The van der Waals surface area contributed by atoms with Gasteiger partial charge < -0.3 is 5.32 Å². The van der Waals surface area contributed by atoms with Crippen LogP contribution in [0.5, 0.6) is 0 Å². The molecule has 8 heteroatoms. The summed E-state index contributed by atoms with van der Waals surface area (Å²) in [7, 11) is 0. The van der Waals surface area contributed by atoms with Crippen LogP contribution in [0, 0.1) is 6.92 Å². The molecule has 0 bridgehead atoms. The predicted molar refractivity (Wildman–Crippen MR) is 105 cm³/mol. The average Bonchev–Trinajstić information content (AvgIpc) is 3.06. The monoisotopic (exact) mass is 397 g/mol. The van der Waals surface area contributed by atoms with Gasteiger partial charge in [0.15, 0.2) is 5.82 Å². The quantitative estimate of drug-likeness (QED) is 0.709. The summed E-state index contributed by atoms with van der Waals surface area (Å²) >= 11 is 12.2. The molecule has 0 spiro atoms. The summed E-state index contributed by atoms with van der Waals surface area (Å²) in [5.41, 5.74) is 4.41. The molecule has 0 unspecified atom stereocenters. The van der Waals surface area contributed by atoms with Crippen LogP contribution >= 0.6 is 23.2 Å². The van der Waals surface area contributed by atoms with Gasteiger partial charge in [-0.15, -0.1) is 0 Å². The third kappa shape index (κ3) is 3.67. The maximum absolute atomic E-state index is 12.4. The largest absolute Gasteiger partial charge is 0.321 e. The number of nitrogens with zero attached hydrogens (tertiary/aromatic N) is 4. The lowest BCUT2D eigenvalue weighted by Gasteiger charge is -2.09. The molecule has 2 aromatic heterocycles. The molecule has 0 fully saturated rings. The first-order chi connectivity index (χ1) is 13.0. The molecular weight excluding hydrogens is 385 g/mol. The van der Waals surface area contributed by atoms with E-state index < -0.39 is 5.91 Å². The Kier molecular flexibility index (Phi) is 4.59. The van der Waals surface area contributed by atoms with Gasteiger partial charge in [0.1, 0.15) is 10.8 Å². The molecule has 0 saturated heterocycles. The average molecular weight is 398 g/mol. The van der Waals surface area contributed by atoms with Crippen molar-refractivity contribution in [2.24, 2.45) is 4.99 Å². The van der Waals surface area contributed by atoms with Gasteiger partial charge in [-0.2, -0.15) is 0 Å². The number of aromatic nitrogens is 3. The van der Waals surface area contributed by atoms with Crippen LogP contribution in [0.2, 0.25) is 10.2 Å². The van der Waals surface area contributed by atoms with Crippen molar-refractivity contribution in [2.45, 2.75) is 13.3 Å². The van der Waals surface area contributed by atoms with Crippen molar-refractivity contribution in [1.29, 1.82) is 0 Å². The molecule has 4 rings (SSSR count). The molecule has 1 amide bonds. The number of pyridine rings is 1. The van der Waals surface area contributed by atoms with Crippen LogP contribution in [0.4, 0.5) is 11.5 Å². The molecule has 0 atom stereocenters. The fourth-order valence-corrected chi connectivity index (χ4v) is 3.20. The summed E-state index contributed by atoms with van der Waals surface area (Å²) in [5, 5.41) is 3.48. The standard InChI is InChI=1S/C19H13Cl2N5O/c1-10-4-11-5-15(26-18(11)23-7-10)13-6-12(2-3-14(13)20)24-19(27)16-8-22-9-17(21)25-16/h2-4,6-9H,5H2,1H3,(H,24,27). The van der Waals surface area contributed by atoms with Crippen LogP contribution in [0.3, 0.4) is 0 Å². The van der Waals surface area contributed by atoms with Crippen molar-refractivity contribution >= 4 is 46.3 Å². The Bertz CT molecular complexity index is 1100. The highest BCUT2D eigenvalue weighted by atomic mass is 35.5. The van der Waals surface area contributed by atoms with Gasteiger partial charge in [0, 0.05) is 34.5 Å². The van der Waals surface area contributed by atoms with E-state index in [9.17, 15) is 4.79 Å². The molecule has 1 aromatic carbocycles. The molecule has 3 heterocycles. The second kappa shape index (κ2) is 7.06. The molecule has 3 aromatic rings. The van der Waals surface area contributed by atoms with Gasteiger partial charge in [-0.05, 0) is 30.7 Å². The number of hydrogen-bond acceptors (Lipinski definition) is 5. The summed E-state index contributed by atoms with van der Waals surface area (Å²) in [6.07, 6.45) is 5.14. The van der Waals surface area contributed by atoms with Crippen molar-refractivity contribution in [3.05, 3.63) is 75.4 Å². The molecule has 0 radical (unpaired) electrons. The van der Waals surface area contributed by atoms with Crippen molar-refractivity contribution in [3.8, 4) is 0 Å². The number of nitrogens with one attached hydrogen (secondary N) is 1. The first kappa shape index (κ1) is 17.6. The third-order valence-corrected chi connectivity index (χ3v) is 4.56. The van der Waals surface area contributed by atoms with E-state index in [1.807, 2.05) is 6.92 Å². The number of halogens is 2. The Balaban J connectivity index is 1.60. The van der Waals surface area contributed by atoms with E-state index in [2.05, 4.69) is 31.3 Å². The van der Waals surface area contributed by atoms with Crippen molar-refractivity contribution < 1.29 is 4.79 Å². The second-order valence-corrected chi connectivity index (χ2v) is 6.90. The van der Waals surface area contributed by atoms with Crippen LogP contribution < -0.4 is 5.32 Å². The summed E-state index contributed by atoms with van der Waals surface area (Å²) in [6.45, 7) is 1.99. The second-order valence-electron chi connectivity index (χ2n) is 6.11. The van der Waals surface area contributed by atoms with E-state index in [4.69, 9.17) is 23.2 Å². The minimum Gasteiger partial charge on any atom is -0.321 e. The van der Waals surface area contributed by atoms with Gasteiger partial charge in [0.25, 0.3) is 5.91 Å². The first-order valence-corrected chi connectivity index (χ1v) is 8.87. The van der Waals surface area contributed by atoms with E-state index in [0.717, 1.165) is 22.4 Å². The SMILES string of the molecule is Cc1cnc2c(c1)CC(c1cc(NC(=O)c3cncc(Cl)n3)ccc1Cl)=N2. The number of benzene rings is 1. The highest BCUT2D eigenvalue weighted by Gasteiger charge is 2.20. The Morgan fingerprint density at radius 1 is 1.15 bits per heavy atom. The number of anilines is 1. The molecule has 6 nitrogen and oxygen atoms in total. The Labute approximate surface area is 165 Å². The first-order valence-electron chi connectivity index (χ1n) is 8.11. The zero-order valence-corrected chi connectivity index (χ0v) is 15.7. The van der Waals surface area contributed by atoms with E-state index in [1.165, 1.54) is 12.4 Å². The number of amides is 1. The number of rotatable bonds is 3. The third-order valence-electron chi connectivity index (χ3n) is 4.05. The minimum absolute atomic E-state index is 0.129. The fourth-order valence-electron chi connectivity index (χ4n) is 2.83. The smallest absolute Gasteiger partial charge is 0.275 e. The van der Waals surface area contributed by atoms with Gasteiger partial charge in [-0.25, -0.2) is 15.0 Å². The van der Waals surface area contributed by atoms with Crippen LogP contribution in [0.1, 0.15) is 27.2 Å². The molecule has 1 N–H and O–H groups in total. The summed E-state index contributed by atoms with van der Waals surface area (Å²) in [6, 6.07) is 7.29. The summed E-state index contributed by atoms with van der Waals surface area (Å²) in [4.78, 5) is 29.1. The molecular formula is C19H13Cl2N5O. The maximum atomic E-state index is 12.4. The number of aliphatic imine (C=N–C) groups is 1. The topological polar surface area (TPSA) is 80.1 Å². The van der Waals surface area contributed by atoms with Gasteiger partial charge >= 0.3 is 0 Å². The summed E-state index contributed by atoms with van der Waals surface area (Å²) in [5.74, 6) is 0.294. The number of carbonyl (C=O) groups is 1. The molecule has 1 aliphatic rings. The molecule has 0 saturated carbocycles. The molecule has 1 aliphatic heterocycles. The number of aryl methyl sites for hydroxylation is 1. The van der Waals surface area contributed by atoms with Gasteiger partial charge in [0.05, 0.1) is 18.1 Å². The highest BCUT2D eigenvalue weighted by molar-refractivity contribution is 6.34. The molecule has 0 aliphatic carbocycles. The number of fused-ring (bicyclic) bond motifs is 1. The maximum Gasteiger partial charge on any atom is 0.275 e. The summed E-state index contributed by atoms with van der Waals surface area (Å²) < 4.78 is 0. The van der Waals surface area contributed by atoms with Crippen LogP contribution in [0.15, 0.2) is 47.8 Å². The molecule has 134 valence electrons. The Morgan fingerprint density at radius 3 is 2.81 bits per heavy atom. The lowest BCUT2D eigenvalue weighted by molar-refractivity contribution is 0.102. The number of carbonyl (C=O) groups excluding carboxylic acids is 1. The Hall–Kier alpha value is -2.83. The predicted octanol–water partition coefficient (Wildman–Crippen LogP) is 4.42. The van der Waals surface area contributed by atoms with Crippen molar-refractivity contribution in [1.82, 2.24) is 15.0 Å². The lowest BCUT2D eigenvalue weighted by Crippen LogP contribution is -2.14. The van der Waals surface area contributed by atoms with Crippen LogP contribution in [-0.2, 0) is 6.42 Å². The zero-order valence-electron chi connectivity index (χ0n) is 14.2. The Morgan fingerprint density at radius 2 is 2.00 bits per heavy atom. The van der Waals surface area contributed by atoms with Crippen LogP contribution in [-0.4, -0.2) is 26.6 Å². The fraction of sp³-hybridized carbons (Fsp3) is 0.105. The van der Waals surface area contributed by atoms with E-state index in [1.54, 1.807) is 24.4 Å². The van der Waals surface area contributed by atoms with Gasteiger partial charge in [-0.1, -0.05) is 29.3 Å². The van der Waals surface area contributed by atoms with Crippen LogP contribution in [0.25, 0.3) is 0 Å². The van der Waals surface area contributed by atoms with E-state index in [-0.39, 0.29) is 10.8 Å². The van der Waals surface area contributed by atoms with Crippen molar-refractivity contribution in [3.63, 3.8) is 0 Å². The van der Waals surface area contributed by atoms with Crippen molar-refractivity contribution in [2.75, 3.05) is 5.32 Å². The van der Waals surface area contributed by atoms with E-state index in [0.29, 0.717) is 22.9 Å². The van der Waals surface area contributed by atoms with Gasteiger partial charge in [0.2, 0.25) is 0 Å². The van der Waals surface area contributed by atoms with E-state index >= 15 is 0 Å². The molecule has 27 heavy (non-hydrogen) atoms.